The number of carbonyl (C=O) groups is 1. The van der Waals surface area contributed by atoms with E-state index in [1.54, 1.807) is 17.7 Å². The van der Waals surface area contributed by atoms with E-state index in [0.717, 1.165) is 35.3 Å². The zero-order chi connectivity index (χ0) is 16.5. The maximum Gasteiger partial charge on any atom is 0.328 e. The van der Waals surface area contributed by atoms with E-state index >= 15 is 0 Å². The summed E-state index contributed by atoms with van der Waals surface area (Å²) in [5.74, 6) is 2.80. The van der Waals surface area contributed by atoms with Crippen molar-refractivity contribution in [3.05, 3.63) is 59.2 Å². The average molecular weight is 320 g/mol. The fourth-order valence-corrected chi connectivity index (χ4v) is 5.16. The van der Waals surface area contributed by atoms with Crippen LogP contribution in [0, 0.1) is 23.7 Å². The Hall–Kier alpha value is -2.09. The number of allylic oxidation sites excluding steroid dienone is 3. The van der Waals surface area contributed by atoms with Crippen molar-refractivity contribution in [2.45, 2.75) is 32.1 Å². The Kier molecular flexibility index (Phi) is 4.13. The van der Waals surface area contributed by atoms with Gasteiger partial charge in [-0.2, -0.15) is 0 Å². The first-order valence-corrected chi connectivity index (χ1v) is 9.06. The van der Waals surface area contributed by atoms with Crippen molar-refractivity contribution in [1.29, 1.82) is 0 Å². The van der Waals surface area contributed by atoms with Gasteiger partial charge in [0.2, 0.25) is 0 Å². The van der Waals surface area contributed by atoms with Crippen LogP contribution in [0.5, 0.6) is 0 Å². The Morgan fingerprint density at radius 2 is 1.46 bits per heavy atom. The predicted octanol–water partition coefficient (Wildman–Crippen LogP) is 5.18. The largest absolute Gasteiger partial charge is 0.478 e. The van der Waals surface area contributed by atoms with E-state index in [2.05, 4.69) is 30.3 Å². The molecule has 4 aliphatic rings. The van der Waals surface area contributed by atoms with Crippen LogP contribution in [0.4, 0.5) is 0 Å². The number of hydrogen-bond acceptors (Lipinski definition) is 1. The summed E-state index contributed by atoms with van der Waals surface area (Å²) >= 11 is 0. The highest BCUT2D eigenvalue weighted by Crippen LogP contribution is 2.56. The van der Waals surface area contributed by atoms with Crippen LogP contribution in [0.3, 0.4) is 0 Å². The Morgan fingerprint density at radius 1 is 0.875 bits per heavy atom. The van der Waals surface area contributed by atoms with Crippen molar-refractivity contribution < 1.29 is 9.90 Å². The van der Waals surface area contributed by atoms with Crippen molar-refractivity contribution >= 4 is 18.1 Å². The lowest BCUT2D eigenvalue weighted by Crippen LogP contribution is -2.40. The molecule has 0 spiro atoms. The molecule has 5 rings (SSSR count). The van der Waals surface area contributed by atoms with Crippen LogP contribution in [-0.2, 0) is 4.79 Å². The highest BCUT2D eigenvalue weighted by Gasteiger charge is 2.44. The normalized spacial score (nSPS) is 31.2. The van der Waals surface area contributed by atoms with Gasteiger partial charge in [-0.1, -0.05) is 54.1 Å². The minimum absolute atomic E-state index is 0.849. The maximum absolute atomic E-state index is 10.4. The minimum atomic E-state index is -0.919. The zero-order valence-corrected chi connectivity index (χ0v) is 13.9. The first kappa shape index (κ1) is 15.4. The van der Waals surface area contributed by atoms with Gasteiger partial charge in [-0.05, 0) is 66.9 Å². The molecular formula is C22H24O2. The quantitative estimate of drug-likeness (QED) is 0.613. The van der Waals surface area contributed by atoms with Gasteiger partial charge < -0.3 is 5.11 Å². The molecule has 0 atom stereocenters. The molecule has 0 aromatic heterocycles. The van der Waals surface area contributed by atoms with Crippen LogP contribution in [0.1, 0.15) is 43.2 Å². The van der Waals surface area contributed by atoms with Gasteiger partial charge in [0.25, 0.3) is 0 Å². The van der Waals surface area contributed by atoms with Gasteiger partial charge >= 0.3 is 5.97 Å². The maximum atomic E-state index is 10.4. The van der Waals surface area contributed by atoms with Gasteiger partial charge in [-0.25, -0.2) is 4.79 Å². The predicted molar refractivity (Wildman–Crippen MR) is 97.3 cm³/mol. The lowest BCUT2D eigenvalue weighted by Gasteiger charge is -2.51. The number of hydrogen-bond donors (Lipinski definition) is 1. The van der Waals surface area contributed by atoms with Gasteiger partial charge in [0.15, 0.2) is 0 Å². The second-order valence-electron chi connectivity index (χ2n) is 7.67. The lowest BCUT2D eigenvalue weighted by atomic mass is 9.54. The minimum Gasteiger partial charge on any atom is -0.478 e. The van der Waals surface area contributed by atoms with Crippen molar-refractivity contribution in [2.24, 2.45) is 23.7 Å². The summed E-state index contributed by atoms with van der Waals surface area (Å²) in [6, 6.07) is 8.57. The third kappa shape index (κ3) is 3.24. The molecule has 24 heavy (non-hydrogen) atoms. The molecule has 124 valence electrons. The molecular weight excluding hydrogens is 296 g/mol. The van der Waals surface area contributed by atoms with Crippen molar-refractivity contribution in [2.75, 3.05) is 0 Å². The summed E-state index contributed by atoms with van der Waals surface area (Å²) in [4.78, 5) is 10.4. The first-order chi connectivity index (χ1) is 11.7. The molecule has 1 N–H and O–H groups in total. The second-order valence-corrected chi connectivity index (χ2v) is 7.67. The van der Waals surface area contributed by atoms with Crippen LogP contribution in [0.2, 0.25) is 0 Å². The summed E-state index contributed by atoms with van der Waals surface area (Å²) in [6.45, 7) is 0. The summed E-state index contributed by atoms with van der Waals surface area (Å²) in [5, 5.41) is 8.56. The van der Waals surface area contributed by atoms with E-state index in [9.17, 15) is 4.79 Å². The van der Waals surface area contributed by atoms with Gasteiger partial charge in [-0.3, -0.25) is 0 Å². The van der Waals surface area contributed by atoms with E-state index in [-0.39, 0.29) is 0 Å². The Labute approximate surface area is 143 Å². The molecule has 0 heterocycles. The molecule has 4 aliphatic carbocycles. The third-order valence-corrected chi connectivity index (χ3v) is 5.99. The molecule has 2 nitrogen and oxygen atoms in total. The SMILES string of the molecule is O=C(O)C=CC=Cc1ccc(C=C2C3CC4CC(C3)CC2C4)cc1. The van der Waals surface area contributed by atoms with E-state index in [0.29, 0.717) is 0 Å². The fraction of sp³-hybridized carbons (Fsp3) is 0.409. The summed E-state index contributed by atoms with van der Waals surface area (Å²) < 4.78 is 0. The first-order valence-electron chi connectivity index (χ1n) is 9.06. The Bertz CT molecular complexity index is 676. The van der Waals surface area contributed by atoms with Crippen molar-refractivity contribution in [3.63, 3.8) is 0 Å². The molecule has 0 saturated heterocycles. The second kappa shape index (κ2) is 6.43. The molecule has 0 radical (unpaired) electrons. The number of rotatable bonds is 4. The number of carboxylic acids is 1. The van der Waals surface area contributed by atoms with Gasteiger partial charge in [-0.15, -0.1) is 0 Å². The van der Waals surface area contributed by atoms with Gasteiger partial charge in [0.1, 0.15) is 0 Å². The van der Waals surface area contributed by atoms with Crippen molar-refractivity contribution in [3.8, 4) is 0 Å². The topological polar surface area (TPSA) is 37.3 Å². The third-order valence-electron chi connectivity index (χ3n) is 5.99. The molecule has 4 bridgehead atoms. The number of carboxylic acid groups (broad SMARTS) is 1. The van der Waals surface area contributed by atoms with Crippen LogP contribution in [-0.4, -0.2) is 11.1 Å². The lowest BCUT2D eigenvalue weighted by molar-refractivity contribution is -0.131. The van der Waals surface area contributed by atoms with E-state index < -0.39 is 5.97 Å². The van der Waals surface area contributed by atoms with Gasteiger partial charge in [0, 0.05) is 6.08 Å². The number of aliphatic carboxylic acids is 1. The molecule has 1 aromatic carbocycles. The molecule has 1 aromatic rings. The zero-order valence-electron chi connectivity index (χ0n) is 13.9. The Balaban J connectivity index is 1.46. The molecule has 2 heteroatoms. The summed E-state index contributed by atoms with van der Waals surface area (Å²) in [7, 11) is 0. The molecule has 0 unspecified atom stereocenters. The van der Waals surface area contributed by atoms with Crippen LogP contribution in [0.15, 0.2) is 48.1 Å². The molecule has 4 fully saturated rings. The fourth-order valence-electron chi connectivity index (χ4n) is 5.16. The average Bonchev–Trinajstić information content (AvgIpc) is 2.55. The Morgan fingerprint density at radius 3 is 2.04 bits per heavy atom. The monoisotopic (exact) mass is 320 g/mol. The van der Waals surface area contributed by atoms with Crippen LogP contribution in [0.25, 0.3) is 12.2 Å². The molecule has 4 saturated carbocycles. The summed E-state index contributed by atoms with van der Waals surface area (Å²) in [5.41, 5.74) is 4.11. The highest BCUT2D eigenvalue weighted by molar-refractivity contribution is 5.80. The van der Waals surface area contributed by atoms with Crippen LogP contribution >= 0.6 is 0 Å². The standard InChI is InChI=1S/C22H24O2/c23-22(24)4-2-1-3-15-5-7-16(8-6-15)14-21-19-10-17-9-18(12-19)13-20(21)11-17/h1-8,14,17-20H,9-13H2,(H,23,24). The number of benzene rings is 1. The molecule has 0 amide bonds. The van der Waals surface area contributed by atoms with Crippen LogP contribution < -0.4 is 0 Å². The van der Waals surface area contributed by atoms with Crippen molar-refractivity contribution in [1.82, 2.24) is 0 Å². The van der Waals surface area contributed by atoms with E-state index in [1.807, 2.05) is 6.08 Å². The smallest absolute Gasteiger partial charge is 0.328 e. The van der Waals surface area contributed by atoms with E-state index in [1.165, 1.54) is 37.7 Å². The van der Waals surface area contributed by atoms with Gasteiger partial charge in [0.05, 0.1) is 0 Å². The molecule has 0 aliphatic heterocycles. The highest BCUT2D eigenvalue weighted by atomic mass is 16.4. The van der Waals surface area contributed by atoms with E-state index in [4.69, 9.17) is 5.11 Å². The summed E-state index contributed by atoms with van der Waals surface area (Å²) in [6.07, 6.45) is 16.0.